The Bertz CT molecular complexity index is 1050. The van der Waals surface area contributed by atoms with Gasteiger partial charge in [-0.25, -0.2) is 0 Å². The van der Waals surface area contributed by atoms with Crippen LogP contribution < -0.4 is 4.90 Å². The second kappa shape index (κ2) is 7.28. The average molecular weight is 388 g/mol. The summed E-state index contributed by atoms with van der Waals surface area (Å²) in [5.74, 6) is 0.959. The lowest BCUT2D eigenvalue weighted by Gasteiger charge is -2.30. The molecule has 1 saturated carbocycles. The molecule has 1 aliphatic carbocycles. The summed E-state index contributed by atoms with van der Waals surface area (Å²) in [5.41, 5.74) is 4.78. The topological polar surface area (TPSA) is 46.8 Å². The van der Waals surface area contributed by atoms with Crippen LogP contribution in [-0.2, 0) is 0 Å². The second-order valence-corrected chi connectivity index (χ2v) is 7.89. The largest absolute Gasteiger partial charge is 0.332 e. The van der Waals surface area contributed by atoms with Crippen molar-refractivity contribution in [2.45, 2.75) is 18.9 Å². The van der Waals surface area contributed by atoms with Crippen molar-refractivity contribution in [3.8, 4) is 11.4 Å². The number of aromatic nitrogens is 4. The van der Waals surface area contributed by atoms with Crippen molar-refractivity contribution in [3.63, 3.8) is 0 Å². The van der Waals surface area contributed by atoms with E-state index in [4.69, 9.17) is 0 Å². The summed E-state index contributed by atoms with van der Waals surface area (Å²) in [5, 5.41) is 9.78. The van der Waals surface area contributed by atoms with Gasteiger partial charge in [-0.1, -0.05) is 18.2 Å². The quantitative estimate of drug-likeness (QED) is 0.630. The summed E-state index contributed by atoms with van der Waals surface area (Å²) in [4.78, 5) is 6.50. The fraction of sp³-hybridized carbons (Fsp3) is 0.227. The Hall–Kier alpha value is -2.86. The van der Waals surface area contributed by atoms with E-state index in [2.05, 4.69) is 79.5 Å². The third-order valence-electron chi connectivity index (χ3n) is 5.21. The van der Waals surface area contributed by atoms with Crippen molar-refractivity contribution in [2.24, 2.45) is 0 Å². The van der Waals surface area contributed by atoms with Crippen LogP contribution in [0.4, 0.5) is 5.69 Å². The molecule has 0 spiro atoms. The molecular weight excluding hydrogens is 366 g/mol. The molecule has 3 heterocycles. The minimum absolute atomic E-state index is 0.562. The molecule has 1 aliphatic heterocycles. The maximum Gasteiger partial charge on any atom is 0.164 e. The zero-order chi connectivity index (χ0) is 18.9. The minimum atomic E-state index is 0.562. The van der Waals surface area contributed by atoms with Gasteiger partial charge in [0, 0.05) is 36.2 Å². The maximum atomic E-state index is 4.39. The Kier molecular flexibility index (Phi) is 4.49. The molecule has 2 aromatic heterocycles. The summed E-state index contributed by atoms with van der Waals surface area (Å²) in [6.07, 6.45) is 14.5. The van der Waals surface area contributed by atoms with E-state index in [1.54, 1.807) is 11.8 Å². The molecule has 1 fully saturated rings. The van der Waals surface area contributed by atoms with Gasteiger partial charge in [0.1, 0.15) is 6.33 Å². The number of benzene rings is 1. The second-order valence-electron chi connectivity index (χ2n) is 7.07. The maximum absolute atomic E-state index is 4.39. The van der Waals surface area contributed by atoms with Gasteiger partial charge in [-0.05, 0) is 60.6 Å². The minimum Gasteiger partial charge on any atom is -0.332 e. The lowest BCUT2D eigenvalue weighted by molar-refractivity contribution is 0.746. The van der Waals surface area contributed by atoms with Crippen molar-refractivity contribution in [3.05, 3.63) is 77.9 Å². The van der Waals surface area contributed by atoms with E-state index in [9.17, 15) is 0 Å². The molecule has 0 radical (unpaired) electrons. The van der Waals surface area contributed by atoms with Crippen LogP contribution in [0.3, 0.4) is 0 Å². The summed E-state index contributed by atoms with van der Waals surface area (Å²) in [6.45, 7) is 0.829. The van der Waals surface area contributed by atoms with Gasteiger partial charge in [0.15, 0.2) is 5.82 Å². The Labute approximate surface area is 168 Å². The predicted octanol–water partition coefficient (Wildman–Crippen LogP) is 4.78. The fourth-order valence-corrected chi connectivity index (χ4v) is 4.19. The molecule has 3 aromatic rings. The lowest BCUT2D eigenvalue weighted by Crippen LogP contribution is -2.25. The summed E-state index contributed by atoms with van der Waals surface area (Å²) >= 11 is 1.76. The first-order chi connectivity index (χ1) is 13.8. The van der Waals surface area contributed by atoms with Crippen molar-refractivity contribution in [1.29, 1.82) is 0 Å². The van der Waals surface area contributed by atoms with Gasteiger partial charge in [-0.3, -0.25) is 4.98 Å². The highest BCUT2D eigenvalue weighted by atomic mass is 32.2. The van der Waals surface area contributed by atoms with Crippen LogP contribution in [0.15, 0.2) is 72.3 Å². The number of thioether (sulfide) groups is 1. The Morgan fingerprint density at radius 3 is 2.68 bits per heavy atom. The van der Waals surface area contributed by atoms with E-state index in [1.165, 1.54) is 34.7 Å². The van der Waals surface area contributed by atoms with E-state index in [0.717, 1.165) is 17.9 Å². The van der Waals surface area contributed by atoms with Crippen LogP contribution in [0.25, 0.3) is 17.0 Å². The number of hydrogen-bond donors (Lipinski definition) is 0. The zero-order valence-electron chi connectivity index (χ0n) is 15.7. The highest BCUT2D eigenvalue weighted by Crippen LogP contribution is 2.39. The molecule has 0 saturated heterocycles. The SMILES string of the molecule is CSC1=CC=C(c2ccncc2)CN1c1cccc(-c2nncn2C2CC2)c1. The van der Waals surface area contributed by atoms with E-state index >= 15 is 0 Å². The first kappa shape index (κ1) is 17.3. The molecule has 0 bridgehead atoms. The monoisotopic (exact) mass is 387 g/mol. The highest BCUT2D eigenvalue weighted by Gasteiger charge is 2.27. The van der Waals surface area contributed by atoms with Crippen LogP contribution in [0.2, 0.25) is 0 Å². The van der Waals surface area contributed by atoms with Crippen molar-refractivity contribution < 1.29 is 0 Å². The number of nitrogens with zero attached hydrogens (tertiary/aromatic N) is 5. The summed E-state index contributed by atoms with van der Waals surface area (Å²) in [7, 11) is 0. The number of rotatable bonds is 5. The Balaban J connectivity index is 1.49. The molecule has 28 heavy (non-hydrogen) atoms. The molecule has 140 valence electrons. The van der Waals surface area contributed by atoms with E-state index in [0.29, 0.717) is 6.04 Å². The molecule has 0 N–H and O–H groups in total. The zero-order valence-corrected chi connectivity index (χ0v) is 16.5. The van der Waals surface area contributed by atoms with Gasteiger partial charge in [0.25, 0.3) is 0 Å². The van der Waals surface area contributed by atoms with Crippen LogP contribution in [-0.4, -0.2) is 32.5 Å². The molecule has 0 atom stereocenters. The van der Waals surface area contributed by atoms with Gasteiger partial charge in [0.05, 0.1) is 5.03 Å². The summed E-state index contributed by atoms with van der Waals surface area (Å²) in [6, 6.07) is 13.3. The molecule has 1 aromatic carbocycles. The highest BCUT2D eigenvalue weighted by molar-refractivity contribution is 8.02. The number of pyridine rings is 1. The molecule has 5 rings (SSSR count). The number of anilines is 1. The summed E-state index contributed by atoms with van der Waals surface area (Å²) < 4.78 is 2.21. The number of hydrogen-bond acceptors (Lipinski definition) is 5. The van der Waals surface area contributed by atoms with Crippen LogP contribution in [0.1, 0.15) is 24.4 Å². The van der Waals surface area contributed by atoms with Crippen molar-refractivity contribution >= 4 is 23.0 Å². The Morgan fingerprint density at radius 2 is 1.89 bits per heavy atom. The average Bonchev–Trinajstić information content (AvgIpc) is 3.50. The van der Waals surface area contributed by atoms with Crippen LogP contribution in [0, 0.1) is 0 Å². The molecule has 6 heteroatoms. The standard InChI is InChI=1S/C22H21N5S/c1-28-21-8-5-18(16-9-11-23-12-10-16)14-26(21)20-4-2-3-17(13-20)22-25-24-15-27(22)19-6-7-19/h2-5,8-13,15,19H,6-7,14H2,1H3. The normalized spacial score (nSPS) is 16.7. The van der Waals surface area contributed by atoms with Crippen LogP contribution >= 0.6 is 11.8 Å². The molecular formula is C22H21N5S. The molecule has 0 unspecified atom stereocenters. The molecule has 5 nitrogen and oxygen atoms in total. The van der Waals surface area contributed by atoms with Crippen molar-refractivity contribution in [2.75, 3.05) is 17.7 Å². The van der Waals surface area contributed by atoms with Gasteiger partial charge < -0.3 is 9.47 Å². The smallest absolute Gasteiger partial charge is 0.164 e. The predicted molar refractivity (Wildman–Crippen MR) is 115 cm³/mol. The molecule has 0 amide bonds. The van der Waals surface area contributed by atoms with Gasteiger partial charge >= 0.3 is 0 Å². The number of allylic oxidation sites excluding steroid dienone is 2. The van der Waals surface area contributed by atoms with Gasteiger partial charge in [0.2, 0.25) is 0 Å². The lowest BCUT2D eigenvalue weighted by atomic mass is 10.0. The molecule has 2 aliphatic rings. The van der Waals surface area contributed by atoms with E-state index in [-0.39, 0.29) is 0 Å². The van der Waals surface area contributed by atoms with E-state index in [1.807, 2.05) is 18.7 Å². The Morgan fingerprint density at radius 1 is 1.04 bits per heavy atom. The third kappa shape index (κ3) is 3.24. The van der Waals surface area contributed by atoms with Gasteiger partial charge in [-0.2, -0.15) is 0 Å². The van der Waals surface area contributed by atoms with E-state index < -0.39 is 0 Å². The van der Waals surface area contributed by atoms with Crippen LogP contribution in [0.5, 0.6) is 0 Å². The fourth-order valence-electron chi connectivity index (χ4n) is 3.60. The first-order valence-corrected chi connectivity index (χ1v) is 10.7. The first-order valence-electron chi connectivity index (χ1n) is 9.46. The third-order valence-corrected chi connectivity index (χ3v) is 5.99. The van der Waals surface area contributed by atoms with Crippen molar-refractivity contribution in [1.82, 2.24) is 19.7 Å². The van der Waals surface area contributed by atoms with Gasteiger partial charge in [-0.15, -0.1) is 22.0 Å².